The van der Waals surface area contributed by atoms with Gasteiger partial charge in [0.15, 0.2) is 0 Å². The van der Waals surface area contributed by atoms with Crippen LogP contribution in [0.3, 0.4) is 0 Å². The average Bonchev–Trinajstić information content (AvgIpc) is 2.32. The van der Waals surface area contributed by atoms with Crippen LogP contribution in [0, 0.1) is 0 Å². The number of carbonyl (C=O) groups is 1. The first-order chi connectivity index (χ1) is 8.15. The third kappa shape index (κ3) is 4.75. The molecule has 0 fully saturated rings. The average molecular weight is 255 g/mol. The predicted octanol–water partition coefficient (Wildman–Crippen LogP) is 2.43. The summed E-state index contributed by atoms with van der Waals surface area (Å²) in [6.45, 7) is 1.20. The van der Waals surface area contributed by atoms with Crippen LogP contribution in [0.1, 0.15) is 24.8 Å². The molecule has 0 unspecified atom stereocenters. The van der Waals surface area contributed by atoms with Crippen molar-refractivity contribution in [3.8, 4) is 0 Å². The minimum Gasteiger partial charge on any atom is -0.341 e. The Morgan fingerprint density at radius 3 is 2.71 bits per heavy atom. The molecule has 0 bridgehead atoms. The van der Waals surface area contributed by atoms with Gasteiger partial charge in [0, 0.05) is 25.0 Å². The van der Waals surface area contributed by atoms with E-state index in [9.17, 15) is 4.79 Å². The van der Waals surface area contributed by atoms with Gasteiger partial charge in [-0.05, 0) is 31.0 Å². The second kappa shape index (κ2) is 7.30. The van der Waals surface area contributed by atoms with Crippen LogP contribution in [0.2, 0.25) is 5.02 Å². The van der Waals surface area contributed by atoms with Crippen LogP contribution in [0.5, 0.6) is 0 Å². The van der Waals surface area contributed by atoms with Gasteiger partial charge in [0.05, 0.1) is 0 Å². The molecule has 0 aliphatic carbocycles. The lowest BCUT2D eigenvalue weighted by atomic mass is 10.2. The lowest BCUT2D eigenvalue weighted by molar-refractivity contribution is -0.130. The van der Waals surface area contributed by atoms with Crippen molar-refractivity contribution in [3.05, 3.63) is 34.9 Å². The molecule has 3 nitrogen and oxygen atoms in total. The van der Waals surface area contributed by atoms with E-state index in [0.29, 0.717) is 24.5 Å². The molecule has 4 heteroatoms. The van der Waals surface area contributed by atoms with Gasteiger partial charge in [-0.2, -0.15) is 0 Å². The van der Waals surface area contributed by atoms with Gasteiger partial charge in [0.1, 0.15) is 0 Å². The van der Waals surface area contributed by atoms with Gasteiger partial charge < -0.3 is 10.6 Å². The van der Waals surface area contributed by atoms with Crippen LogP contribution in [-0.2, 0) is 11.3 Å². The summed E-state index contributed by atoms with van der Waals surface area (Å²) in [5, 5.41) is 0.703. The molecule has 1 aromatic carbocycles. The van der Waals surface area contributed by atoms with Crippen LogP contribution in [0.25, 0.3) is 0 Å². The van der Waals surface area contributed by atoms with Gasteiger partial charge in [0.25, 0.3) is 0 Å². The SMILES string of the molecule is CN(Cc1ccccc1Cl)C(=O)CCCCN. The highest BCUT2D eigenvalue weighted by molar-refractivity contribution is 6.31. The molecule has 94 valence electrons. The molecule has 0 saturated heterocycles. The highest BCUT2D eigenvalue weighted by atomic mass is 35.5. The number of rotatable bonds is 6. The second-order valence-corrected chi connectivity index (χ2v) is 4.49. The lowest BCUT2D eigenvalue weighted by Crippen LogP contribution is -2.26. The van der Waals surface area contributed by atoms with Crippen molar-refractivity contribution in [2.24, 2.45) is 5.73 Å². The fourth-order valence-electron chi connectivity index (χ4n) is 1.58. The minimum atomic E-state index is 0.137. The van der Waals surface area contributed by atoms with Gasteiger partial charge >= 0.3 is 0 Å². The third-order valence-corrected chi connectivity index (χ3v) is 3.00. The van der Waals surface area contributed by atoms with Crippen LogP contribution in [0.4, 0.5) is 0 Å². The summed E-state index contributed by atoms with van der Waals surface area (Å²) < 4.78 is 0. The molecule has 0 spiro atoms. The van der Waals surface area contributed by atoms with E-state index in [1.54, 1.807) is 11.9 Å². The number of amides is 1. The Balaban J connectivity index is 2.46. The molecule has 2 N–H and O–H groups in total. The van der Waals surface area contributed by atoms with E-state index >= 15 is 0 Å². The summed E-state index contributed by atoms with van der Waals surface area (Å²) in [5.74, 6) is 0.137. The minimum absolute atomic E-state index is 0.137. The van der Waals surface area contributed by atoms with Gasteiger partial charge in [-0.1, -0.05) is 29.8 Å². The standard InChI is InChI=1S/C13H19ClN2O/c1-16(13(17)8-4-5-9-15)10-11-6-2-3-7-12(11)14/h2-3,6-7H,4-5,8-10,15H2,1H3. The molecule has 1 aromatic rings. The van der Waals surface area contributed by atoms with Crippen molar-refractivity contribution in [1.29, 1.82) is 0 Å². The number of hydrogen-bond donors (Lipinski definition) is 1. The molecule has 0 saturated carbocycles. The summed E-state index contributed by atoms with van der Waals surface area (Å²) in [6.07, 6.45) is 2.30. The Kier molecular flexibility index (Phi) is 6.01. The van der Waals surface area contributed by atoms with Gasteiger partial charge in [-0.25, -0.2) is 0 Å². The van der Waals surface area contributed by atoms with E-state index in [-0.39, 0.29) is 5.91 Å². The number of hydrogen-bond acceptors (Lipinski definition) is 2. The van der Waals surface area contributed by atoms with Crippen molar-refractivity contribution in [1.82, 2.24) is 4.90 Å². The Bertz CT molecular complexity index is 368. The number of benzene rings is 1. The first-order valence-corrected chi connectivity index (χ1v) is 6.20. The van der Waals surface area contributed by atoms with Crippen LogP contribution in [-0.4, -0.2) is 24.4 Å². The predicted molar refractivity (Wildman–Crippen MR) is 70.8 cm³/mol. The zero-order valence-electron chi connectivity index (χ0n) is 10.2. The number of halogens is 1. The molecule has 0 aliphatic heterocycles. The number of nitrogens with two attached hydrogens (primary N) is 1. The number of nitrogens with zero attached hydrogens (tertiary/aromatic N) is 1. The first kappa shape index (κ1) is 14.0. The number of unbranched alkanes of at least 4 members (excludes halogenated alkanes) is 1. The van der Waals surface area contributed by atoms with Crippen LogP contribution >= 0.6 is 11.6 Å². The van der Waals surface area contributed by atoms with Crippen LogP contribution < -0.4 is 5.73 Å². The van der Waals surface area contributed by atoms with Crippen molar-refractivity contribution in [3.63, 3.8) is 0 Å². The Labute approximate surface area is 108 Å². The normalized spacial score (nSPS) is 10.3. The molecule has 0 aromatic heterocycles. The Morgan fingerprint density at radius 1 is 1.35 bits per heavy atom. The van der Waals surface area contributed by atoms with Crippen molar-refractivity contribution >= 4 is 17.5 Å². The lowest BCUT2D eigenvalue weighted by Gasteiger charge is -2.17. The van der Waals surface area contributed by atoms with Crippen molar-refractivity contribution in [2.75, 3.05) is 13.6 Å². The van der Waals surface area contributed by atoms with E-state index in [4.69, 9.17) is 17.3 Å². The quantitative estimate of drug-likeness (QED) is 0.793. The molecule has 17 heavy (non-hydrogen) atoms. The maximum atomic E-state index is 11.8. The third-order valence-electron chi connectivity index (χ3n) is 2.64. The van der Waals surface area contributed by atoms with Gasteiger partial charge in [-0.15, -0.1) is 0 Å². The fraction of sp³-hybridized carbons (Fsp3) is 0.462. The highest BCUT2D eigenvalue weighted by Gasteiger charge is 2.10. The van der Waals surface area contributed by atoms with E-state index in [2.05, 4.69) is 0 Å². The fourth-order valence-corrected chi connectivity index (χ4v) is 1.78. The van der Waals surface area contributed by atoms with Crippen molar-refractivity contribution < 1.29 is 4.79 Å². The topological polar surface area (TPSA) is 46.3 Å². The zero-order chi connectivity index (χ0) is 12.7. The van der Waals surface area contributed by atoms with E-state index in [1.807, 2.05) is 24.3 Å². The first-order valence-electron chi connectivity index (χ1n) is 5.82. The summed E-state index contributed by atoms with van der Waals surface area (Å²) in [6, 6.07) is 7.58. The largest absolute Gasteiger partial charge is 0.341 e. The molecule has 1 rings (SSSR count). The molecule has 1 amide bonds. The molecular weight excluding hydrogens is 236 g/mol. The highest BCUT2D eigenvalue weighted by Crippen LogP contribution is 2.16. The molecule has 0 aliphatic rings. The summed E-state index contributed by atoms with van der Waals surface area (Å²) >= 11 is 6.05. The second-order valence-electron chi connectivity index (χ2n) is 4.09. The van der Waals surface area contributed by atoms with Gasteiger partial charge in [-0.3, -0.25) is 4.79 Å². The Morgan fingerprint density at radius 2 is 2.06 bits per heavy atom. The number of carbonyl (C=O) groups excluding carboxylic acids is 1. The van der Waals surface area contributed by atoms with E-state index in [1.165, 1.54) is 0 Å². The molecule has 0 atom stereocenters. The Hall–Kier alpha value is -1.06. The maximum Gasteiger partial charge on any atom is 0.222 e. The monoisotopic (exact) mass is 254 g/mol. The maximum absolute atomic E-state index is 11.8. The molecule has 0 heterocycles. The molecular formula is C13H19ClN2O. The summed E-state index contributed by atoms with van der Waals surface area (Å²) in [4.78, 5) is 13.5. The zero-order valence-corrected chi connectivity index (χ0v) is 10.9. The van der Waals surface area contributed by atoms with Crippen molar-refractivity contribution in [2.45, 2.75) is 25.8 Å². The van der Waals surface area contributed by atoms with E-state index < -0.39 is 0 Å². The smallest absolute Gasteiger partial charge is 0.222 e. The van der Waals surface area contributed by atoms with Gasteiger partial charge in [0.2, 0.25) is 5.91 Å². The molecule has 0 radical (unpaired) electrons. The summed E-state index contributed by atoms with van der Waals surface area (Å²) in [5.41, 5.74) is 6.37. The van der Waals surface area contributed by atoms with E-state index in [0.717, 1.165) is 18.4 Å². The van der Waals surface area contributed by atoms with Crippen LogP contribution in [0.15, 0.2) is 24.3 Å². The summed E-state index contributed by atoms with van der Waals surface area (Å²) in [7, 11) is 1.80.